The monoisotopic (exact) mass is 410 g/mol. The minimum absolute atomic E-state index is 0.0414. The van der Waals surface area contributed by atoms with E-state index in [1.54, 1.807) is 38.5 Å². The lowest BCUT2D eigenvalue weighted by Crippen LogP contribution is -2.39. The molecule has 0 bridgehead atoms. The molecule has 0 saturated carbocycles. The number of aromatic nitrogens is 3. The van der Waals surface area contributed by atoms with Gasteiger partial charge in [0.1, 0.15) is 0 Å². The number of nitrogens with zero attached hydrogens (tertiary/aromatic N) is 3. The Morgan fingerprint density at radius 2 is 2.00 bits per heavy atom. The van der Waals surface area contributed by atoms with Crippen LogP contribution < -0.4 is 15.0 Å². The van der Waals surface area contributed by atoms with Crippen LogP contribution >= 0.6 is 0 Å². The van der Waals surface area contributed by atoms with Crippen LogP contribution in [0.15, 0.2) is 35.1 Å². The van der Waals surface area contributed by atoms with Crippen molar-refractivity contribution in [2.45, 2.75) is 32.1 Å². The largest absolute Gasteiger partial charge is 0.493 e. The Morgan fingerprint density at radius 3 is 2.73 bits per heavy atom. The Labute approximate surface area is 174 Å². The third-order valence-electron chi connectivity index (χ3n) is 5.66. The van der Waals surface area contributed by atoms with Crippen molar-refractivity contribution in [3.8, 4) is 11.5 Å². The number of aromatic amines is 1. The molecule has 3 aromatic rings. The topological polar surface area (TPSA) is 88.9 Å². The minimum Gasteiger partial charge on any atom is -0.493 e. The Morgan fingerprint density at radius 1 is 1.20 bits per heavy atom. The Bertz CT molecular complexity index is 1130. The summed E-state index contributed by atoms with van der Waals surface area (Å²) in [7, 11) is 3.12. The Hall–Kier alpha value is -3.29. The number of benzene rings is 1. The molecule has 30 heavy (non-hydrogen) atoms. The lowest BCUT2D eigenvalue weighted by molar-refractivity contribution is 0.0705. The average Bonchev–Trinajstić information content (AvgIpc) is 3.23. The highest BCUT2D eigenvalue weighted by molar-refractivity contribution is 5.95. The van der Waals surface area contributed by atoms with Gasteiger partial charge in [-0.25, -0.2) is 9.50 Å². The second kappa shape index (κ2) is 8.22. The first-order chi connectivity index (χ1) is 14.5. The van der Waals surface area contributed by atoms with Gasteiger partial charge in [-0.15, -0.1) is 0 Å². The zero-order chi connectivity index (χ0) is 21.3. The second-order valence-corrected chi connectivity index (χ2v) is 7.50. The number of carbonyl (C=O) groups is 1. The van der Waals surface area contributed by atoms with Crippen LogP contribution in [0.5, 0.6) is 11.5 Å². The SMILES string of the molecule is CCc1cc(=O)n2[nH]c(C3CCCN(C(=O)c4ccc(OC)c(OC)c4)C3)cc2n1. The molecule has 1 aromatic carbocycles. The number of nitrogens with one attached hydrogen (secondary N) is 1. The van der Waals surface area contributed by atoms with Crippen LogP contribution in [0.3, 0.4) is 0 Å². The number of rotatable bonds is 5. The van der Waals surface area contributed by atoms with Gasteiger partial charge in [0.25, 0.3) is 11.5 Å². The summed E-state index contributed by atoms with van der Waals surface area (Å²) < 4.78 is 12.1. The number of aryl methyl sites for hydroxylation is 1. The highest BCUT2D eigenvalue weighted by atomic mass is 16.5. The van der Waals surface area contributed by atoms with Crippen molar-refractivity contribution in [3.63, 3.8) is 0 Å². The van der Waals surface area contributed by atoms with Crippen molar-refractivity contribution in [2.75, 3.05) is 27.3 Å². The van der Waals surface area contributed by atoms with Crippen LogP contribution in [-0.4, -0.2) is 52.7 Å². The summed E-state index contributed by atoms with van der Waals surface area (Å²) in [5.41, 5.74) is 2.78. The van der Waals surface area contributed by atoms with Gasteiger partial charge in [0.2, 0.25) is 0 Å². The molecule has 1 unspecified atom stereocenters. The number of piperidine rings is 1. The zero-order valence-corrected chi connectivity index (χ0v) is 17.5. The van der Waals surface area contributed by atoms with E-state index in [1.807, 2.05) is 17.9 Å². The number of methoxy groups -OCH3 is 2. The van der Waals surface area contributed by atoms with Crippen LogP contribution in [0.4, 0.5) is 0 Å². The van der Waals surface area contributed by atoms with Gasteiger partial charge in [-0.2, -0.15) is 0 Å². The summed E-state index contributed by atoms with van der Waals surface area (Å²) in [4.78, 5) is 31.8. The van der Waals surface area contributed by atoms with E-state index in [2.05, 4.69) is 10.1 Å². The second-order valence-electron chi connectivity index (χ2n) is 7.50. The fraction of sp³-hybridized carbons (Fsp3) is 0.409. The molecule has 8 nitrogen and oxygen atoms in total. The van der Waals surface area contributed by atoms with Gasteiger partial charge in [-0.3, -0.25) is 14.7 Å². The van der Waals surface area contributed by atoms with Gasteiger partial charge in [0.15, 0.2) is 17.1 Å². The number of H-pyrrole nitrogens is 1. The summed E-state index contributed by atoms with van der Waals surface area (Å²) in [5, 5.41) is 3.18. The van der Waals surface area contributed by atoms with Gasteiger partial charge in [0, 0.05) is 48.1 Å². The molecule has 1 aliphatic rings. The quantitative estimate of drug-likeness (QED) is 0.699. The van der Waals surface area contributed by atoms with Crippen LogP contribution in [0.25, 0.3) is 5.65 Å². The maximum Gasteiger partial charge on any atom is 0.272 e. The van der Waals surface area contributed by atoms with E-state index in [1.165, 1.54) is 4.52 Å². The molecule has 2 aromatic heterocycles. The van der Waals surface area contributed by atoms with Gasteiger partial charge >= 0.3 is 0 Å². The zero-order valence-electron chi connectivity index (χ0n) is 17.5. The van der Waals surface area contributed by atoms with Gasteiger partial charge in [-0.05, 0) is 37.5 Å². The maximum atomic E-state index is 13.1. The smallest absolute Gasteiger partial charge is 0.272 e. The summed E-state index contributed by atoms with van der Waals surface area (Å²) in [6.45, 7) is 3.25. The minimum atomic E-state index is -0.114. The molecule has 158 valence electrons. The predicted molar refractivity (Wildman–Crippen MR) is 113 cm³/mol. The molecule has 1 aliphatic heterocycles. The summed E-state index contributed by atoms with van der Waals surface area (Å²) >= 11 is 0. The fourth-order valence-electron chi connectivity index (χ4n) is 4.02. The first-order valence-corrected chi connectivity index (χ1v) is 10.2. The maximum absolute atomic E-state index is 13.1. The fourth-order valence-corrected chi connectivity index (χ4v) is 4.02. The van der Waals surface area contributed by atoms with Crippen LogP contribution in [0, 0.1) is 0 Å². The first-order valence-electron chi connectivity index (χ1n) is 10.2. The van der Waals surface area contributed by atoms with E-state index in [-0.39, 0.29) is 17.4 Å². The normalized spacial score (nSPS) is 16.6. The molecule has 1 saturated heterocycles. The van der Waals surface area contributed by atoms with Crippen molar-refractivity contribution >= 4 is 11.6 Å². The van der Waals surface area contributed by atoms with Crippen molar-refractivity contribution in [1.29, 1.82) is 0 Å². The molecular formula is C22H26N4O4. The molecule has 0 spiro atoms. The van der Waals surface area contributed by atoms with E-state index in [0.29, 0.717) is 42.2 Å². The number of ether oxygens (including phenoxy) is 2. The van der Waals surface area contributed by atoms with Crippen LogP contribution in [0.1, 0.15) is 47.4 Å². The third-order valence-corrected chi connectivity index (χ3v) is 5.66. The summed E-state index contributed by atoms with van der Waals surface area (Å²) in [6, 6.07) is 8.70. The molecule has 4 rings (SSSR count). The van der Waals surface area contributed by atoms with Crippen molar-refractivity contribution < 1.29 is 14.3 Å². The van der Waals surface area contributed by atoms with Gasteiger partial charge in [-0.1, -0.05) is 6.92 Å². The van der Waals surface area contributed by atoms with Gasteiger partial charge < -0.3 is 14.4 Å². The molecule has 1 fully saturated rings. The number of carbonyl (C=O) groups excluding carboxylic acids is 1. The molecule has 1 amide bonds. The number of hydrogen-bond acceptors (Lipinski definition) is 5. The Balaban J connectivity index is 1.57. The molecule has 0 aliphatic carbocycles. The van der Waals surface area contributed by atoms with E-state index in [9.17, 15) is 9.59 Å². The molecule has 1 atom stereocenters. The summed E-state index contributed by atoms with van der Waals surface area (Å²) in [6.07, 6.45) is 2.54. The number of amides is 1. The average molecular weight is 410 g/mol. The van der Waals surface area contributed by atoms with Crippen molar-refractivity contribution in [1.82, 2.24) is 19.5 Å². The molecule has 0 radical (unpaired) electrons. The van der Waals surface area contributed by atoms with Crippen LogP contribution in [0.2, 0.25) is 0 Å². The number of likely N-dealkylation sites (tertiary alicyclic amines) is 1. The predicted octanol–water partition coefficient (Wildman–Crippen LogP) is 2.62. The lowest BCUT2D eigenvalue weighted by Gasteiger charge is -2.32. The molecule has 3 heterocycles. The lowest BCUT2D eigenvalue weighted by atomic mass is 9.94. The number of fused-ring (bicyclic) bond motifs is 1. The van der Waals surface area contributed by atoms with E-state index < -0.39 is 0 Å². The molecule has 1 N–H and O–H groups in total. The third kappa shape index (κ3) is 3.65. The Kier molecular flexibility index (Phi) is 5.48. The molecular weight excluding hydrogens is 384 g/mol. The van der Waals surface area contributed by atoms with Crippen LogP contribution in [-0.2, 0) is 6.42 Å². The van der Waals surface area contributed by atoms with Gasteiger partial charge in [0.05, 0.1) is 14.2 Å². The highest BCUT2D eigenvalue weighted by Gasteiger charge is 2.27. The van der Waals surface area contributed by atoms with E-state index >= 15 is 0 Å². The first kappa shape index (κ1) is 20.0. The molecule has 8 heteroatoms. The van der Waals surface area contributed by atoms with Crippen molar-refractivity contribution in [3.05, 3.63) is 57.6 Å². The number of hydrogen-bond donors (Lipinski definition) is 1. The standard InChI is InChI=1S/C22H26N4O4/c1-4-16-11-21(27)26-20(23-16)12-17(24-26)15-6-5-9-25(13-15)22(28)14-7-8-18(29-2)19(10-14)30-3/h7-8,10-12,15,24H,4-6,9,13H2,1-3H3. The summed E-state index contributed by atoms with van der Waals surface area (Å²) in [5.74, 6) is 1.20. The van der Waals surface area contributed by atoms with Crippen molar-refractivity contribution in [2.24, 2.45) is 0 Å². The van der Waals surface area contributed by atoms with E-state index in [4.69, 9.17) is 9.47 Å². The highest BCUT2D eigenvalue weighted by Crippen LogP contribution is 2.30. The van der Waals surface area contributed by atoms with E-state index in [0.717, 1.165) is 24.2 Å².